The van der Waals surface area contributed by atoms with Gasteiger partial charge in [-0.3, -0.25) is 4.90 Å². The molecule has 21 heavy (non-hydrogen) atoms. The Labute approximate surface area is 129 Å². The lowest BCUT2D eigenvalue weighted by molar-refractivity contribution is 0.0667. The van der Waals surface area contributed by atoms with Gasteiger partial charge in [-0.15, -0.1) is 0 Å². The first-order chi connectivity index (χ1) is 10.2. The molecule has 1 aliphatic heterocycles. The number of fused-ring (bicyclic) bond motifs is 1. The van der Waals surface area contributed by atoms with Crippen LogP contribution in [0.1, 0.15) is 69.5 Å². The standard InChI is InChI=1S/C19H30N2/c1-4-15-13-21(16(5-2)12-20-15)19-11-10-14(3)17-8-6-7-9-18(17)19/h6-9,14-16,19-20H,4-5,10-13H2,1-3H3. The van der Waals surface area contributed by atoms with E-state index >= 15 is 0 Å². The Bertz CT molecular complexity index is 470. The normalized spacial score (nSPS) is 33.7. The van der Waals surface area contributed by atoms with E-state index in [4.69, 9.17) is 0 Å². The Morgan fingerprint density at radius 2 is 1.86 bits per heavy atom. The summed E-state index contributed by atoms with van der Waals surface area (Å²) >= 11 is 0. The van der Waals surface area contributed by atoms with Crippen LogP contribution in [0.2, 0.25) is 0 Å². The van der Waals surface area contributed by atoms with Gasteiger partial charge in [-0.05, 0) is 42.7 Å². The third-order valence-electron chi connectivity index (χ3n) is 5.67. The number of hydrogen-bond acceptors (Lipinski definition) is 2. The maximum atomic E-state index is 3.73. The summed E-state index contributed by atoms with van der Waals surface area (Å²) in [7, 11) is 0. The highest BCUT2D eigenvalue weighted by atomic mass is 15.3. The van der Waals surface area contributed by atoms with Gasteiger partial charge in [0, 0.05) is 31.2 Å². The average molecular weight is 286 g/mol. The van der Waals surface area contributed by atoms with Gasteiger partial charge in [0.15, 0.2) is 0 Å². The quantitative estimate of drug-likeness (QED) is 0.900. The summed E-state index contributed by atoms with van der Waals surface area (Å²) in [6.07, 6.45) is 5.14. The van der Waals surface area contributed by atoms with E-state index in [0.29, 0.717) is 18.1 Å². The number of nitrogens with one attached hydrogen (secondary N) is 1. The Kier molecular flexibility index (Phi) is 4.66. The molecule has 0 amide bonds. The topological polar surface area (TPSA) is 15.3 Å². The molecule has 2 aliphatic rings. The minimum absolute atomic E-state index is 0.638. The fourth-order valence-corrected chi connectivity index (χ4v) is 4.25. The highest BCUT2D eigenvalue weighted by molar-refractivity contribution is 5.35. The SMILES string of the molecule is CCC1CN(C2CCC(C)c3ccccc32)C(CC)CN1. The molecular formula is C19H30N2. The summed E-state index contributed by atoms with van der Waals surface area (Å²) < 4.78 is 0. The summed E-state index contributed by atoms with van der Waals surface area (Å²) in [4.78, 5) is 2.81. The molecule has 2 nitrogen and oxygen atoms in total. The Hall–Kier alpha value is -0.860. The molecule has 1 saturated heterocycles. The molecule has 1 heterocycles. The second-order valence-corrected chi connectivity index (χ2v) is 6.90. The highest BCUT2D eigenvalue weighted by Gasteiger charge is 2.35. The molecule has 1 aromatic carbocycles. The van der Waals surface area contributed by atoms with E-state index in [-0.39, 0.29) is 0 Å². The molecule has 1 aromatic rings. The molecule has 1 fully saturated rings. The molecular weight excluding hydrogens is 256 g/mol. The van der Waals surface area contributed by atoms with Crippen molar-refractivity contribution >= 4 is 0 Å². The van der Waals surface area contributed by atoms with Crippen molar-refractivity contribution in [2.45, 2.75) is 70.5 Å². The van der Waals surface area contributed by atoms with Crippen molar-refractivity contribution < 1.29 is 0 Å². The third kappa shape index (κ3) is 2.89. The smallest absolute Gasteiger partial charge is 0.0355 e. The van der Waals surface area contributed by atoms with Gasteiger partial charge in [0.2, 0.25) is 0 Å². The van der Waals surface area contributed by atoms with Gasteiger partial charge < -0.3 is 5.32 Å². The number of piperazine rings is 1. The van der Waals surface area contributed by atoms with Crippen molar-refractivity contribution in [2.24, 2.45) is 0 Å². The van der Waals surface area contributed by atoms with Crippen LogP contribution in [0.5, 0.6) is 0 Å². The summed E-state index contributed by atoms with van der Waals surface area (Å²) in [5, 5.41) is 3.73. The van der Waals surface area contributed by atoms with Gasteiger partial charge in [0.1, 0.15) is 0 Å². The van der Waals surface area contributed by atoms with E-state index in [1.54, 1.807) is 11.1 Å². The molecule has 1 aliphatic carbocycles. The summed E-state index contributed by atoms with van der Waals surface area (Å²) in [5.41, 5.74) is 3.20. The van der Waals surface area contributed by atoms with Crippen LogP contribution < -0.4 is 5.32 Å². The van der Waals surface area contributed by atoms with Crippen molar-refractivity contribution in [3.8, 4) is 0 Å². The van der Waals surface area contributed by atoms with Gasteiger partial charge in [-0.1, -0.05) is 45.0 Å². The molecule has 0 bridgehead atoms. The first-order valence-corrected chi connectivity index (χ1v) is 8.82. The van der Waals surface area contributed by atoms with Crippen LogP contribution in [-0.2, 0) is 0 Å². The first-order valence-electron chi connectivity index (χ1n) is 8.82. The van der Waals surface area contributed by atoms with Gasteiger partial charge in [0.25, 0.3) is 0 Å². The van der Waals surface area contributed by atoms with Crippen molar-refractivity contribution in [1.82, 2.24) is 10.2 Å². The van der Waals surface area contributed by atoms with E-state index in [0.717, 1.165) is 12.5 Å². The lowest BCUT2D eigenvalue weighted by Crippen LogP contribution is -2.57. The van der Waals surface area contributed by atoms with Crippen molar-refractivity contribution in [1.29, 1.82) is 0 Å². The van der Waals surface area contributed by atoms with E-state index in [9.17, 15) is 0 Å². The van der Waals surface area contributed by atoms with Crippen LogP contribution in [0, 0.1) is 0 Å². The van der Waals surface area contributed by atoms with Crippen molar-refractivity contribution in [2.75, 3.05) is 13.1 Å². The molecule has 4 atom stereocenters. The Morgan fingerprint density at radius 3 is 2.57 bits per heavy atom. The van der Waals surface area contributed by atoms with Crippen LogP contribution in [0.25, 0.3) is 0 Å². The second kappa shape index (κ2) is 6.50. The van der Waals surface area contributed by atoms with Gasteiger partial charge in [-0.2, -0.15) is 0 Å². The van der Waals surface area contributed by atoms with Gasteiger partial charge >= 0.3 is 0 Å². The van der Waals surface area contributed by atoms with Crippen molar-refractivity contribution in [3.63, 3.8) is 0 Å². The van der Waals surface area contributed by atoms with E-state index in [1.165, 1.54) is 32.2 Å². The maximum Gasteiger partial charge on any atom is 0.0355 e. The predicted octanol–water partition coefficient (Wildman–Crippen LogP) is 4.09. The Morgan fingerprint density at radius 1 is 1.10 bits per heavy atom. The molecule has 0 saturated carbocycles. The molecule has 116 valence electrons. The highest BCUT2D eigenvalue weighted by Crippen LogP contribution is 2.41. The second-order valence-electron chi connectivity index (χ2n) is 6.90. The zero-order valence-electron chi connectivity index (χ0n) is 13.8. The van der Waals surface area contributed by atoms with E-state index in [2.05, 4.69) is 55.3 Å². The maximum absolute atomic E-state index is 3.73. The van der Waals surface area contributed by atoms with E-state index < -0.39 is 0 Å². The Balaban J connectivity index is 1.89. The zero-order valence-corrected chi connectivity index (χ0v) is 13.8. The zero-order chi connectivity index (χ0) is 14.8. The lowest BCUT2D eigenvalue weighted by atomic mass is 9.79. The average Bonchev–Trinajstić information content (AvgIpc) is 2.55. The lowest BCUT2D eigenvalue weighted by Gasteiger charge is -2.47. The molecule has 1 N–H and O–H groups in total. The third-order valence-corrected chi connectivity index (χ3v) is 5.67. The van der Waals surface area contributed by atoms with Crippen LogP contribution in [0.15, 0.2) is 24.3 Å². The van der Waals surface area contributed by atoms with Crippen LogP contribution in [0.4, 0.5) is 0 Å². The number of rotatable bonds is 3. The molecule has 4 unspecified atom stereocenters. The molecule has 0 spiro atoms. The molecule has 2 heteroatoms. The minimum Gasteiger partial charge on any atom is -0.311 e. The van der Waals surface area contributed by atoms with Crippen LogP contribution in [0.3, 0.4) is 0 Å². The number of nitrogens with zero attached hydrogens (tertiary/aromatic N) is 1. The number of benzene rings is 1. The largest absolute Gasteiger partial charge is 0.311 e. The fraction of sp³-hybridized carbons (Fsp3) is 0.684. The molecule has 0 aromatic heterocycles. The van der Waals surface area contributed by atoms with Crippen LogP contribution in [-0.4, -0.2) is 30.1 Å². The fourth-order valence-electron chi connectivity index (χ4n) is 4.25. The van der Waals surface area contributed by atoms with E-state index in [1.807, 2.05) is 0 Å². The monoisotopic (exact) mass is 286 g/mol. The summed E-state index contributed by atoms with van der Waals surface area (Å²) in [6.45, 7) is 9.40. The van der Waals surface area contributed by atoms with Crippen molar-refractivity contribution in [3.05, 3.63) is 35.4 Å². The number of hydrogen-bond donors (Lipinski definition) is 1. The molecule has 0 radical (unpaired) electrons. The summed E-state index contributed by atoms with van der Waals surface area (Å²) in [5.74, 6) is 0.724. The summed E-state index contributed by atoms with van der Waals surface area (Å²) in [6, 6.07) is 11.2. The first kappa shape index (κ1) is 15.1. The van der Waals surface area contributed by atoms with Gasteiger partial charge in [0.05, 0.1) is 0 Å². The minimum atomic E-state index is 0.638. The van der Waals surface area contributed by atoms with Gasteiger partial charge in [-0.25, -0.2) is 0 Å². The molecule has 3 rings (SSSR count). The predicted molar refractivity (Wildman–Crippen MR) is 89.7 cm³/mol. The van der Waals surface area contributed by atoms with Crippen LogP contribution >= 0.6 is 0 Å².